The summed E-state index contributed by atoms with van der Waals surface area (Å²) in [5.74, 6) is -0.839. The van der Waals surface area contributed by atoms with Crippen LogP contribution in [0.2, 0.25) is 0 Å². The molecule has 1 heterocycles. The average Bonchev–Trinajstić information content (AvgIpc) is 3.06. The van der Waals surface area contributed by atoms with Gasteiger partial charge in [-0.2, -0.15) is 0 Å². The van der Waals surface area contributed by atoms with Crippen molar-refractivity contribution in [1.82, 2.24) is 0 Å². The van der Waals surface area contributed by atoms with Crippen molar-refractivity contribution in [2.45, 2.75) is 104 Å². The summed E-state index contributed by atoms with van der Waals surface area (Å²) in [6.07, 6.45) is 17.7. The number of hydrogen-bond donors (Lipinski definition) is 2. The fourth-order valence-corrected chi connectivity index (χ4v) is 4.02. The molecule has 0 amide bonds. The summed E-state index contributed by atoms with van der Waals surface area (Å²) in [4.78, 5) is 11.2. The molecule has 0 saturated heterocycles. The van der Waals surface area contributed by atoms with Crippen molar-refractivity contribution >= 4 is 23.0 Å². The Labute approximate surface area is 171 Å². The van der Waals surface area contributed by atoms with Crippen LogP contribution in [0.4, 0.5) is 5.69 Å². The molecule has 0 aliphatic rings. The van der Waals surface area contributed by atoms with E-state index in [0.29, 0.717) is 10.3 Å². The SMILES string of the molecule is CC(C)(C)CCCCCCCCCCCCCCNc1csc(C(=O)O)c1. The van der Waals surface area contributed by atoms with E-state index in [2.05, 4.69) is 26.1 Å². The Morgan fingerprint density at radius 2 is 1.37 bits per heavy atom. The first-order valence-corrected chi connectivity index (χ1v) is 11.8. The zero-order chi connectivity index (χ0) is 20.0. The van der Waals surface area contributed by atoms with E-state index in [1.807, 2.05) is 5.38 Å². The van der Waals surface area contributed by atoms with Gasteiger partial charge >= 0.3 is 5.97 Å². The van der Waals surface area contributed by atoms with Gasteiger partial charge in [-0.1, -0.05) is 91.4 Å². The Balaban J connectivity index is 1.79. The Bertz CT molecular complexity index is 505. The number of thiophene rings is 1. The summed E-state index contributed by atoms with van der Waals surface area (Å²) >= 11 is 1.28. The number of unbranched alkanes of at least 4 members (excludes halogenated alkanes) is 11. The highest BCUT2D eigenvalue weighted by atomic mass is 32.1. The molecule has 4 heteroatoms. The smallest absolute Gasteiger partial charge is 0.345 e. The number of rotatable bonds is 16. The lowest BCUT2D eigenvalue weighted by Gasteiger charge is -2.17. The van der Waals surface area contributed by atoms with Gasteiger partial charge in [0.2, 0.25) is 0 Å². The third kappa shape index (κ3) is 13.7. The third-order valence-electron chi connectivity index (χ3n) is 4.99. The molecule has 0 atom stereocenters. The number of carbonyl (C=O) groups is 1. The van der Waals surface area contributed by atoms with Gasteiger partial charge in [0.25, 0.3) is 0 Å². The summed E-state index contributed by atoms with van der Waals surface area (Å²) in [6, 6.07) is 1.72. The molecular formula is C23H41NO2S. The molecule has 156 valence electrons. The maximum Gasteiger partial charge on any atom is 0.345 e. The Morgan fingerprint density at radius 3 is 1.81 bits per heavy atom. The minimum absolute atomic E-state index is 0.405. The van der Waals surface area contributed by atoms with E-state index in [9.17, 15) is 4.79 Å². The second-order valence-corrected chi connectivity index (χ2v) is 9.90. The summed E-state index contributed by atoms with van der Waals surface area (Å²) in [5.41, 5.74) is 1.44. The molecule has 1 aromatic heterocycles. The molecule has 3 nitrogen and oxygen atoms in total. The minimum atomic E-state index is -0.839. The van der Waals surface area contributed by atoms with Gasteiger partial charge in [0.1, 0.15) is 4.88 Å². The van der Waals surface area contributed by atoms with Gasteiger partial charge in [-0.05, 0) is 24.3 Å². The molecule has 0 radical (unpaired) electrons. The lowest BCUT2D eigenvalue weighted by molar-refractivity contribution is 0.0702. The quantitative estimate of drug-likeness (QED) is 0.279. The van der Waals surface area contributed by atoms with Crippen LogP contribution >= 0.6 is 11.3 Å². The molecule has 0 fully saturated rings. The molecule has 0 unspecified atom stereocenters. The Hall–Kier alpha value is -1.03. The van der Waals surface area contributed by atoms with Crippen LogP contribution in [0.1, 0.15) is 114 Å². The van der Waals surface area contributed by atoms with Gasteiger partial charge in [-0.25, -0.2) is 4.79 Å². The van der Waals surface area contributed by atoms with Gasteiger partial charge in [0, 0.05) is 17.6 Å². The third-order valence-corrected chi connectivity index (χ3v) is 5.91. The first-order valence-electron chi connectivity index (χ1n) is 10.9. The second kappa shape index (κ2) is 14.0. The predicted molar refractivity (Wildman–Crippen MR) is 119 cm³/mol. The molecule has 0 saturated carbocycles. The molecule has 1 rings (SSSR count). The van der Waals surface area contributed by atoms with E-state index in [0.717, 1.165) is 18.7 Å². The highest BCUT2D eigenvalue weighted by molar-refractivity contribution is 7.12. The lowest BCUT2D eigenvalue weighted by Crippen LogP contribution is -2.03. The number of aromatic carboxylic acids is 1. The largest absolute Gasteiger partial charge is 0.477 e. The first-order chi connectivity index (χ1) is 12.9. The molecule has 0 aromatic carbocycles. The van der Waals surface area contributed by atoms with Crippen LogP contribution in [0, 0.1) is 5.41 Å². The van der Waals surface area contributed by atoms with Crippen molar-refractivity contribution in [3.63, 3.8) is 0 Å². The zero-order valence-electron chi connectivity index (χ0n) is 17.8. The molecule has 0 aliphatic heterocycles. The Morgan fingerprint density at radius 1 is 0.889 bits per heavy atom. The second-order valence-electron chi connectivity index (χ2n) is 8.98. The fourth-order valence-electron chi connectivity index (χ4n) is 3.32. The average molecular weight is 396 g/mol. The molecule has 0 bridgehead atoms. The monoisotopic (exact) mass is 395 g/mol. The van der Waals surface area contributed by atoms with Crippen LogP contribution in [0.15, 0.2) is 11.4 Å². The van der Waals surface area contributed by atoms with Gasteiger partial charge in [-0.3, -0.25) is 0 Å². The maximum absolute atomic E-state index is 10.8. The van der Waals surface area contributed by atoms with E-state index in [1.54, 1.807) is 6.07 Å². The lowest BCUT2D eigenvalue weighted by atomic mass is 9.89. The van der Waals surface area contributed by atoms with E-state index in [1.165, 1.54) is 88.4 Å². The number of hydrogen-bond acceptors (Lipinski definition) is 3. The minimum Gasteiger partial charge on any atom is -0.477 e. The number of carboxylic acids is 1. The van der Waals surface area contributed by atoms with E-state index in [4.69, 9.17) is 5.11 Å². The van der Waals surface area contributed by atoms with Crippen LogP contribution in [-0.4, -0.2) is 17.6 Å². The summed E-state index contributed by atoms with van der Waals surface area (Å²) in [5, 5.41) is 14.1. The zero-order valence-corrected chi connectivity index (χ0v) is 18.6. The molecule has 27 heavy (non-hydrogen) atoms. The maximum atomic E-state index is 10.8. The van der Waals surface area contributed by atoms with Crippen LogP contribution < -0.4 is 5.32 Å². The summed E-state index contributed by atoms with van der Waals surface area (Å²) < 4.78 is 0. The van der Waals surface area contributed by atoms with Gasteiger partial charge in [-0.15, -0.1) is 11.3 Å². The fraction of sp³-hybridized carbons (Fsp3) is 0.783. The van der Waals surface area contributed by atoms with Gasteiger partial charge < -0.3 is 10.4 Å². The number of anilines is 1. The standard InChI is InChI=1S/C23H41NO2S/c1-23(2,3)16-14-12-10-8-6-4-5-7-9-11-13-15-17-24-20-18-21(22(25)26)27-19-20/h18-19,24H,4-17H2,1-3H3,(H,25,26). The summed E-state index contributed by atoms with van der Waals surface area (Å²) in [6.45, 7) is 7.95. The van der Waals surface area contributed by atoms with Crippen molar-refractivity contribution in [3.8, 4) is 0 Å². The van der Waals surface area contributed by atoms with E-state index < -0.39 is 5.97 Å². The molecule has 0 spiro atoms. The molecular weight excluding hydrogens is 354 g/mol. The van der Waals surface area contributed by atoms with E-state index >= 15 is 0 Å². The highest BCUT2D eigenvalue weighted by Crippen LogP contribution is 2.23. The van der Waals surface area contributed by atoms with Crippen molar-refractivity contribution < 1.29 is 9.90 Å². The van der Waals surface area contributed by atoms with Crippen LogP contribution in [0.25, 0.3) is 0 Å². The number of carboxylic acid groups (broad SMARTS) is 1. The summed E-state index contributed by atoms with van der Waals surface area (Å²) in [7, 11) is 0. The number of nitrogens with one attached hydrogen (secondary N) is 1. The van der Waals surface area contributed by atoms with Crippen LogP contribution in [0.5, 0.6) is 0 Å². The van der Waals surface area contributed by atoms with Crippen molar-refractivity contribution in [3.05, 3.63) is 16.3 Å². The van der Waals surface area contributed by atoms with Gasteiger partial charge in [0.05, 0.1) is 0 Å². The van der Waals surface area contributed by atoms with E-state index in [-0.39, 0.29) is 0 Å². The Kier molecular flexibility index (Phi) is 12.5. The van der Waals surface area contributed by atoms with Crippen molar-refractivity contribution in [1.29, 1.82) is 0 Å². The predicted octanol–water partition coefficient (Wildman–Crippen LogP) is 7.98. The first kappa shape index (κ1) is 24.0. The van der Waals surface area contributed by atoms with Crippen LogP contribution in [0.3, 0.4) is 0 Å². The van der Waals surface area contributed by atoms with Crippen molar-refractivity contribution in [2.75, 3.05) is 11.9 Å². The molecule has 1 aromatic rings. The topological polar surface area (TPSA) is 49.3 Å². The van der Waals surface area contributed by atoms with Crippen LogP contribution in [-0.2, 0) is 0 Å². The van der Waals surface area contributed by atoms with Crippen molar-refractivity contribution in [2.24, 2.45) is 5.41 Å². The van der Waals surface area contributed by atoms with Gasteiger partial charge in [0.15, 0.2) is 0 Å². The molecule has 0 aliphatic carbocycles. The molecule has 2 N–H and O–H groups in total. The normalized spacial score (nSPS) is 11.7. The highest BCUT2D eigenvalue weighted by Gasteiger charge is 2.08.